The molecule has 0 unspecified atom stereocenters. The second-order valence-corrected chi connectivity index (χ2v) is 4.12. The summed E-state index contributed by atoms with van der Waals surface area (Å²) in [5, 5.41) is 11.6. The summed E-state index contributed by atoms with van der Waals surface area (Å²) < 4.78 is 23.2. The molecule has 2 N–H and O–H groups in total. The third-order valence-electron chi connectivity index (χ3n) is 2.80. The summed E-state index contributed by atoms with van der Waals surface area (Å²) in [5.41, 5.74) is 0.452. The molecule has 0 fully saturated rings. The van der Waals surface area contributed by atoms with Gasteiger partial charge >= 0.3 is 11.9 Å². The normalized spacial score (nSPS) is 10.2. The van der Waals surface area contributed by atoms with Gasteiger partial charge in [-0.3, -0.25) is 0 Å². The van der Waals surface area contributed by atoms with Crippen LogP contribution in [-0.2, 0) is 11.3 Å². The molecule has 110 valence electrons. The number of esters is 1. The van der Waals surface area contributed by atoms with Crippen LogP contribution in [0.15, 0.2) is 34.9 Å². The van der Waals surface area contributed by atoms with Crippen LogP contribution in [0.3, 0.4) is 0 Å². The van der Waals surface area contributed by atoms with Crippen molar-refractivity contribution >= 4 is 17.6 Å². The first-order valence-electron chi connectivity index (χ1n) is 5.94. The van der Waals surface area contributed by atoms with Crippen LogP contribution in [0.4, 0.5) is 10.1 Å². The lowest BCUT2D eigenvalue weighted by Crippen LogP contribution is -2.08. The van der Waals surface area contributed by atoms with E-state index < -0.39 is 17.8 Å². The van der Waals surface area contributed by atoms with Gasteiger partial charge in [-0.2, -0.15) is 0 Å². The molecule has 0 aliphatic rings. The summed E-state index contributed by atoms with van der Waals surface area (Å²) >= 11 is 0. The summed E-state index contributed by atoms with van der Waals surface area (Å²) in [5.74, 6) is -2.38. The standard InChI is InChI=1S/C14H12FNO5/c1-20-14(19)12-9(4-5-21-12)7-16-11-6-8(13(17)18)2-3-10(11)15/h2-6,16H,7H2,1H3,(H,17,18). The van der Waals surface area contributed by atoms with E-state index in [1.165, 1.54) is 31.6 Å². The van der Waals surface area contributed by atoms with E-state index in [1.807, 2.05) is 0 Å². The average Bonchev–Trinajstić information content (AvgIpc) is 2.93. The Balaban J connectivity index is 2.17. The van der Waals surface area contributed by atoms with Crippen molar-refractivity contribution in [3.8, 4) is 0 Å². The zero-order valence-corrected chi connectivity index (χ0v) is 11.1. The van der Waals surface area contributed by atoms with Gasteiger partial charge in [-0.05, 0) is 24.3 Å². The van der Waals surface area contributed by atoms with Gasteiger partial charge in [0.05, 0.1) is 24.6 Å². The Morgan fingerprint density at radius 1 is 1.38 bits per heavy atom. The van der Waals surface area contributed by atoms with Gasteiger partial charge in [0.1, 0.15) is 5.82 Å². The molecule has 2 aromatic rings. The van der Waals surface area contributed by atoms with Crippen LogP contribution < -0.4 is 5.32 Å². The number of nitrogens with one attached hydrogen (secondary N) is 1. The molecule has 1 aromatic heterocycles. The zero-order valence-electron chi connectivity index (χ0n) is 11.1. The van der Waals surface area contributed by atoms with E-state index in [4.69, 9.17) is 9.52 Å². The summed E-state index contributed by atoms with van der Waals surface area (Å²) in [6.07, 6.45) is 1.31. The van der Waals surface area contributed by atoms with Gasteiger partial charge in [-0.1, -0.05) is 0 Å². The summed E-state index contributed by atoms with van der Waals surface area (Å²) in [6.45, 7) is 0.0843. The molecule has 0 aliphatic carbocycles. The molecule has 2 rings (SSSR count). The van der Waals surface area contributed by atoms with E-state index in [0.29, 0.717) is 5.56 Å². The fourth-order valence-corrected chi connectivity index (χ4v) is 1.73. The number of methoxy groups -OCH3 is 1. The highest BCUT2D eigenvalue weighted by Crippen LogP contribution is 2.19. The van der Waals surface area contributed by atoms with Crippen molar-refractivity contribution in [3.05, 3.63) is 53.2 Å². The van der Waals surface area contributed by atoms with E-state index in [2.05, 4.69) is 10.1 Å². The second kappa shape index (κ2) is 6.08. The molecule has 21 heavy (non-hydrogen) atoms. The van der Waals surface area contributed by atoms with Gasteiger partial charge < -0.3 is 19.6 Å². The van der Waals surface area contributed by atoms with Crippen LogP contribution in [0.2, 0.25) is 0 Å². The summed E-state index contributed by atoms with van der Waals surface area (Å²) in [6, 6.07) is 4.94. The number of aromatic carboxylic acids is 1. The molecular formula is C14H12FNO5. The molecule has 0 radical (unpaired) electrons. The first-order valence-corrected chi connectivity index (χ1v) is 5.94. The van der Waals surface area contributed by atoms with E-state index in [9.17, 15) is 14.0 Å². The molecule has 0 amide bonds. The predicted molar refractivity (Wildman–Crippen MR) is 70.7 cm³/mol. The number of furan rings is 1. The molecule has 0 aliphatic heterocycles. The van der Waals surface area contributed by atoms with Crippen LogP contribution in [0.25, 0.3) is 0 Å². The quantitative estimate of drug-likeness (QED) is 0.823. The fourth-order valence-electron chi connectivity index (χ4n) is 1.73. The van der Waals surface area contributed by atoms with Crippen molar-refractivity contribution in [1.29, 1.82) is 0 Å². The largest absolute Gasteiger partial charge is 0.478 e. The number of carbonyl (C=O) groups is 2. The first kappa shape index (κ1) is 14.6. The summed E-state index contributed by atoms with van der Waals surface area (Å²) in [4.78, 5) is 22.3. The highest BCUT2D eigenvalue weighted by atomic mass is 19.1. The molecule has 0 atom stereocenters. The van der Waals surface area contributed by atoms with Gasteiger partial charge in [-0.15, -0.1) is 0 Å². The number of hydrogen-bond donors (Lipinski definition) is 2. The van der Waals surface area contributed by atoms with Crippen molar-refractivity contribution in [2.75, 3.05) is 12.4 Å². The topological polar surface area (TPSA) is 88.8 Å². The molecule has 1 aromatic carbocycles. The molecule has 1 heterocycles. The number of hydrogen-bond acceptors (Lipinski definition) is 5. The zero-order chi connectivity index (χ0) is 15.4. The maximum atomic E-state index is 13.6. The number of carbonyl (C=O) groups excluding carboxylic acids is 1. The lowest BCUT2D eigenvalue weighted by molar-refractivity contribution is 0.0563. The molecule has 0 saturated heterocycles. The fraction of sp³-hybridized carbons (Fsp3) is 0.143. The monoisotopic (exact) mass is 293 g/mol. The van der Waals surface area contributed by atoms with Crippen LogP contribution in [-0.4, -0.2) is 24.2 Å². The lowest BCUT2D eigenvalue weighted by atomic mass is 10.2. The number of carboxylic acid groups (broad SMARTS) is 1. The van der Waals surface area contributed by atoms with Crippen molar-refractivity contribution < 1.29 is 28.2 Å². The van der Waals surface area contributed by atoms with Crippen molar-refractivity contribution in [2.45, 2.75) is 6.54 Å². The maximum absolute atomic E-state index is 13.6. The van der Waals surface area contributed by atoms with Crippen molar-refractivity contribution in [2.24, 2.45) is 0 Å². The number of carboxylic acids is 1. The first-order chi connectivity index (χ1) is 10.0. The van der Waals surface area contributed by atoms with E-state index in [0.717, 1.165) is 6.07 Å². The minimum absolute atomic E-state index is 0.0137. The molecular weight excluding hydrogens is 281 g/mol. The number of benzene rings is 1. The Labute approximate surface area is 119 Å². The van der Waals surface area contributed by atoms with Crippen LogP contribution in [0.1, 0.15) is 26.5 Å². The number of ether oxygens (including phenoxy) is 1. The smallest absolute Gasteiger partial charge is 0.374 e. The average molecular weight is 293 g/mol. The lowest BCUT2D eigenvalue weighted by Gasteiger charge is -2.08. The second-order valence-electron chi connectivity index (χ2n) is 4.12. The third kappa shape index (κ3) is 3.19. The molecule has 7 heteroatoms. The number of anilines is 1. The minimum Gasteiger partial charge on any atom is -0.478 e. The Hall–Kier alpha value is -2.83. The van der Waals surface area contributed by atoms with Gasteiger partial charge in [0, 0.05) is 12.1 Å². The Morgan fingerprint density at radius 3 is 2.81 bits per heavy atom. The minimum atomic E-state index is -1.16. The van der Waals surface area contributed by atoms with E-state index in [-0.39, 0.29) is 23.6 Å². The number of halogens is 1. The highest BCUT2D eigenvalue weighted by Gasteiger charge is 2.16. The van der Waals surface area contributed by atoms with Gasteiger partial charge in [0.2, 0.25) is 5.76 Å². The molecule has 0 spiro atoms. The van der Waals surface area contributed by atoms with Crippen LogP contribution >= 0.6 is 0 Å². The van der Waals surface area contributed by atoms with Crippen molar-refractivity contribution in [1.82, 2.24) is 0 Å². The third-order valence-corrected chi connectivity index (χ3v) is 2.80. The van der Waals surface area contributed by atoms with Gasteiger partial charge in [0.15, 0.2) is 0 Å². The Morgan fingerprint density at radius 2 is 2.14 bits per heavy atom. The predicted octanol–water partition coefficient (Wildman–Crippen LogP) is 2.52. The van der Waals surface area contributed by atoms with Gasteiger partial charge in [0.25, 0.3) is 0 Å². The Kier molecular flexibility index (Phi) is 4.22. The molecule has 0 bridgehead atoms. The van der Waals surface area contributed by atoms with Crippen molar-refractivity contribution in [3.63, 3.8) is 0 Å². The van der Waals surface area contributed by atoms with Crippen LogP contribution in [0.5, 0.6) is 0 Å². The van der Waals surface area contributed by atoms with E-state index in [1.54, 1.807) is 0 Å². The van der Waals surface area contributed by atoms with Crippen LogP contribution in [0, 0.1) is 5.82 Å². The SMILES string of the molecule is COC(=O)c1occc1CNc1cc(C(=O)O)ccc1F. The Bertz CT molecular complexity index is 680. The molecule has 0 saturated carbocycles. The highest BCUT2D eigenvalue weighted by molar-refractivity contribution is 5.89. The van der Waals surface area contributed by atoms with E-state index >= 15 is 0 Å². The number of rotatable bonds is 5. The summed E-state index contributed by atoms with van der Waals surface area (Å²) in [7, 11) is 1.22. The maximum Gasteiger partial charge on any atom is 0.374 e. The molecule has 6 nitrogen and oxygen atoms in total. The van der Waals surface area contributed by atoms with Gasteiger partial charge in [-0.25, -0.2) is 14.0 Å².